The van der Waals surface area contributed by atoms with Crippen LogP contribution < -0.4 is 5.46 Å². The maximum atomic E-state index is 6.26. The predicted molar refractivity (Wildman–Crippen MR) is 116 cm³/mol. The summed E-state index contributed by atoms with van der Waals surface area (Å²) in [4.78, 5) is 2.61. The molecule has 3 rings (SSSR count). The van der Waals surface area contributed by atoms with E-state index in [4.69, 9.17) is 9.31 Å². The van der Waals surface area contributed by atoms with E-state index in [1.165, 1.54) is 34.6 Å². The second-order valence-corrected chi connectivity index (χ2v) is 9.44. The van der Waals surface area contributed by atoms with Crippen LogP contribution in [0.25, 0.3) is 0 Å². The predicted octanol–water partition coefficient (Wildman–Crippen LogP) is 5.87. The molecular formula is C23H31BO2S. The van der Waals surface area contributed by atoms with Crippen molar-refractivity contribution in [2.45, 2.75) is 81.3 Å². The molecule has 1 fully saturated rings. The summed E-state index contributed by atoms with van der Waals surface area (Å²) in [6.07, 6.45) is 4.80. The molecule has 144 valence electrons. The van der Waals surface area contributed by atoms with E-state index in [-0.39, 0.29) is 18.3 Å². The summed E-state index contributed by atoms with van der Waals surface area (Å²) < 4.78 is 12.5. The van der Waals surface area contributed by atoms with Crippen LogP contribution in [0.5, 0.6) is 0 Å². The Morgan fingerprint density at radius 1 is 0.889 bits per heavy atom. The van der Waals surface area contributed by atoms with Gasteiger partial charge in [-0.15, -0.1) is 0 Å². The minimum Gasteiger partial charge on any atom is -0.399 e. The highest BCUT2D eigenvalue weighted by atomic mass is 32.2. The van der Waals surface area contributed by atoms with Crippen molar-refractivity contribution in [1.29, 1.82) is 0 Å². The fourth-order valence-corrected chi connectivity index (χ4v) is 4.18. The normalized spacial score (nSPS) is 18.0. The maximum Gasteiger partial charge on any atom is 0.494 e. The van der Waals surface area contributed by atoms with Gasteiger partial charge in [-0.1, -0.05) is 61.9 Å². The van der Waals surface area contributed by atoms with E-state index < -0.39 is 0 Å². The minimum absolute atomic E-state index is 0.296. The first kappa shape index (κ1) is 20.5. The van der Waals surface area contributed by atoms with Gasteiger partial charge in [0, 0.05) is 9.79 Å². The smallest absolute Gasteiger partial charge is 0.399 e. The van der Waals surface area contributed by atoms with Gasteiger partial charge in [0.1, 0.15) is 0 Å². The SMILES string of the molecule is CCCCCc1cc(B2OC(C)(C)C(C)(C)O2)ccc1Sc1ccccc1. The van der Waals surface area contributed by atoms with Crippen molar-refractivity contribution in [3.05, 3.63) is 54.1 Å². The number of hydrogen-bond donors (Lipinski definition) is 0. The van der Waals surface area contributed by atoms with Crippen molar-refractivity contribution >= 4 is 24.3 Å². The highest BCUT2D eigenvalue weighted by Crippen LogP contribution is 2.37. The van der Waals surface area contributed by atoms with Gasteiger partial charge in [0.15, 0.2) is 0 Å². The quantitative estimate of drug-likeness (QED) is 0.441. The Morgan fingerprint density at radius 3 is 2.19 bits per heavy atom. The summed E-state index contributed by atoms with van der Waals surface area (Å²) in [5.41, 5.74) is 1.90. The number of benzene rings is 2. The van der Waals surface area contributed by atoms with Crippen molar-refractivity contribution in [1.82, 2.24) is 0 Å². The Balaban J connectivity index is 1.85. The van der Waals surface area contributed by atoms with Crippen LogP contribution in [0.3, 0.4) is 0 Å². The van der Waals surface area contributed by atoms with Gasteiger partial charge in [-0.05, 0) is 69.8 Å². The van der Waals surface area contributed by atoms with Crippen LogP contribution in [0.4, 0.5) is 0 Å². The second-order valence-electron chi connectivity index (χ2n) is 8.33. The Bertz CT molecular complexity index is 742. The molecule has 1 heterocycles. The lowest BCUT2D eigenvalue weighted by atomic mass is 9.78. The fourth-order valence-electron chi connectivity index (χ4n) is 3.20. The van der Waals surface area contributed by atoms with Crippen molar-refractivity contribution in [3.63, 3.8) is 0 Å². The van der Waals surface area contributed by atoms with Gasteiger partial charge in [-0.3, -0.25) is 0 Å². The van der Waals surface area contributed by atoms with Gasteiger partial charge in [-0.2, -0.15) is 0 Å². The van der Waals surface area contributed by atoms with Crippen molar-refractivity contribution in [2.75, 3.05) is 0 Å². The molecular weight excluding hydrogens is 351 g/mol. The highest BCUT2D eigenvalue weighted by molar-refractivity contribution is 7.99. The van der Waals surface area contributed by atoms with E-state index in [9.17, 15) is 0 Å². The number of aryl methyl sites for hydroxylation is 1. The highest BCUT2D eigenvalue weighted by Gasteiger charge is 2.51. The summed E-state index contributed by atoms with van der Waals surface area (Å²) >= 11 is 1.84. The van der Waals surface area contributed by atoms with Crippen LogP contribution in [0.2, 0.25) is 0 Å². The molecule has 0 aliphatic carbocycles. The lowest BCUT2D eigenvalue weighted by Gasteiger charge is -2.32. The monoisotopic (exact) mass is 382 g/mol. The Kier molecular flexibility index (Phi) is 6.40. The summed E-state index contributed by atoms with van der Waals surface area (Å²) in [5.74, 6) is 0. The molecule has 0 radical (unpaired) electrons. The summed E-state index contributed by atoms with van der Waals surface area (Å²) in [5, 5.41) is 0. The Morgan fingerprint density at radius 2 is 1.56 bits per heavy atom. The van der Waals surface area contributed by atoms with E-state index in [0.29, 0.717) is 0 Å². The molecule has 1 saturated heterocycles. The van der Waals surface area contributed by atoms with E-state index >= 15 is 0 Å². The first-order valence-electron chi connectivity index (χ1n) is 10.0. The lowest BCUT2D eigenvalue weighted by molar-refractivity contribution is 0.00578. The van der Waals surface area contributed by atoms with Gasteiger partial charge in [0.05, 0.1) is 11.2 Å². The van der Waals surface area contributed by atoms with Gasteiger partial charge < -0.3 is 9.31 Å². The average Bonchev–Trinajstić information content (AvgIpc) is 2.85. The van der Waals surface area contributed by atoms with Crippen LogP contribution in [0.1, 0.15) is 59.4 Å². The van der Waals surface area contributed by atoms with E-state index in [2.05, 4.69) is 83.1 Å². The molecule has 0 bridgehead atoms. The first-order chi connectivity index (χ1) is 12.8. The topological polar surface area (TPSA) is 18.5 Å². The van der Waals surface area contributed by atoms with Gasteiger partial charge in [0.2, 0.25) is 0 Å². The number of unbranched alkanes of at least 4 members (excludes halogenated alkanes) is 2. The first-order valence-corrected chi connectivity index (χ1v) is 10.9. The molecule has 2 nitrogen and oxygen atoms in total. The Hall–Kier alpha value is -1.23. The maximum absolute atomic E-state index is 6.26. The van der Waals surface area contributed by atoms with Gasteiger partial charge in [0.25, 0.3) is 0 Å². The molecule has 0 saturated carbocycles. The van der Waals surface area contributed by atoms with E-state index in [0.717, 1.165) is 11.9 Å². The molecule has 0 atom stereocenters. The average molecular weight is 382 g/mol. The van der Waals surface area contributed by atoms with Crippen molar-refractivity contribution < 1.29 is 9.31 Å². The van der Waals surface area contributed by atoms with Gasteiger partial charge in [-0.25, -0.2) is 0 Å². The number of rotatable bonds is 7. The zero-order chi connectivity index (χ0) is 19.5. The molecule has 27 heavy (non-hydrogen) atoms. The third-order valence-corrected chi connectivity index (χ3v) is 6.76. The zero-order valence-corrected chi connectivity index (χ0v) is 18.1. The molecule has 0 unspecified atom stereocenters. The summed E-state index contributed by atoms with van der Waals surface area (Å²) in [7, 11) is -0.296. The molecule has 0 amide bonds. The molecule has 1 aliphatic heterocycles. The van der Waals surface area contributed by atoms with Gasteiger partial charge >= 0.3 is 7.12 Å². The third-order valence-electron chi connectivity index (χ3n) is 5.63. The van der Waals surface area contributed by atoms with Crippen LogP contribution in [0, 0.1) is 0 Å². The van der Waals surface area contributed by atoms with Crippen molar-refractivity contribution in [2.24, 2.45) is 0 Å². The van der Waals surface area contributed by atoms with Crippen LogP contribution >= 0.6 is 11.8 Å². The third kappa shape index (κ3) is 4.79. The van der Waals surface area contributed by atoms with Crippen LogP contribution in [-0.2, 0) is 15.7 Å². The molecule has 2 aromatic carbocycles. The Labute approximate surface area is 169 Å². The van der Waals surface area contributed by atoms with Crippen molar-refractivity contribution in [3.8, 4) is 0 Å². The van der Waals surface area contributed by atoms with Crippen LogP contribution in [0.15, 0.2) is 58.3 Å². The molecule has 0 N–H and O–H groups in total. The largest absolute Gasteiger partial charge is 0.494 e. The lowest BCUT2D eigenvalue weighted by Crippen LogP contribution is -2.41. The summed E-state index contributed by atoms with van der Waals surface area (Å²) in [6, 6.07) is 17.3. The molecule has 0 spiro atoms. The fraction of sp³-hybridized carbons (Fsp3) is 0.478. The zero-order valence-electron chi connectivity index (χ0n) is 17.2. The number of hydrogen-bond acceptors (Lipinski definition) is 3. The molecule has 1 aliphatic rings. The van der Waals surface area contributed by atoms with E-state index in [1.807, 2.05) is 11.8 Å². The standard InChI is InChI=1S/C23H31BO2S/c1-6-7-9-12-18-17-19(24-25-22(2,3)23(4,5)26-24)15-16-21(18)27-20-13-10-8-11-14-20/h8,10-11,13-17H,6-7,9,12H2,1-5H3. The minimum atomic E-state index is -0.308. The molecule has 2 aromatic rings. The van der Waals surface area contributed by atoms with Crippen LogP contribution in [-0.4, -0.2) is 18.3 Å². The summed E-state index contributed by atoms with van der Waals surface area (Å²) in [6.45, 7) is 10.7. The molecule has 0 aromatic heterocycles. The second kappa shape index (κ2) is 8.42. The van der Waals surface area contributed by atoms with E-state index in [1.54, 1.807) is 0 Å². The molecule has 4 heteroatoms.